The summed E-state index contributed by atoms with van der Waals surface area (Å²) in [6.07, 6.45) is 0. The van der Waals surface area contributed by atoms with Crippen LogP contribution in [0.1, 0.15) is 26.9 Å². The minimum absolute atomic E-state index is 0.165. The van der Waals surface area contributed by atoms with Gasteiger partial charge < -0.3 is 5.32 Å². The van der Waals surface area contributed by atoms with Crippen molar-refractivity contribution in [1.29, 1.82) is 0 Å². The minimum atomic E-state index is 0.165. The van der Waals surface area contributed by atoms with E-state index in [-0.39, 0.29) is 6.04 Å². The number of thiophene rings is 1. The Labute approximate surface area is 122 Å². The molecule has 1 nitrogen and oxygen atoms in total. The third kappa shape index (κ3) is 2.72. The van der Waals surface area contributed by atoms with Crippen LogP contribution in [0.5, 0.6) is 0 Å². The lowest BCUT2D eigenvalue weighted by molar-refractivity contribution is 0.700. The molecular formula is C14H15Cl2NS. The van der Waals surface area contributed by atoms with Gasteiger partial charge in [-0.1, -0.05) is 29.3 Å². The summed E-state index contributed by atoms with van der Waals surface area (Å²) in [5, 5.41) is 4.53. The Morgan fingerprint density at radius 1 is 1.11 bits per heavy atom. The van der Waals surface area contributed by atoms with Crippen molar-refractivity contribution in [3.05, 3.63) is 55.2 Å². The summed E-state index contributed by atoms with van der Waals surface area (Å²) in [5.41, 5.74) is 2.44. The standard InChI is InChI=1S/C14H15Cl2NS/c1-8-6-9(2)18-14(8)13(17-3)10-4-5-11(15)12(16)7-10/h4-7,13,17H,1-3H3. The Morgan fingerprint density at radius 3 is 2.33 bits per heavy atom. The van der Waals surface area contributed by atoms with Crippen LogP contribution in [0.3, 0.4) is 0 Å². The molecule has 0 fully saturated rings. The molecule has 2 aromatic rings. The first-order valence-electron chi connectivity index (χ1n) is 5.72. The number of aryl methyl sites for hydroxylation is 2. The van der Waals surface area contributed by atoms with Gasteiger partial charge in [-0.15, -0.1) is 11.3 Å². The molecular weight excluding hydrogens is 285 g/mol. The SMILES string of the molecule is CNC(c1ccc(Cl)c(Cl)c1)c1sc(C)cc1C. The monoisotopic (exact) mass is 299 g/mol. The Balaban J connectivity index is 2.45. The normalized spacial score (nSPS) is 12.7. The van der Waals surface area contributed by atoms with Crippen LogP contribution in [0.4, 0.5) is 0 Å². The average Bonchev–Trinajstić information content (AvgIpc) is 2.64. The molecule has 0 spiro atoms. The van der Waals surface area contributed by atoms with Crippen LogP contribution in [0.15, 0.2) is 24.3 Å². The van der Waals surface area contributed by atoms with E-state index in [1.54, 1.807) is 0 Å². The Bertz CT molecular complexity index is 563. The molecule has 96 valence electrons. The third-order valence-electron chi connectivity index (χ3n) is 2.91. The van der Waals surface area contributed by atoms with Crippen molar-refractivity contribution < 1.29 is 0 Å². The van der Waals surface area contributed by atoms with E-state index in [0.717, 1.165) is 5.56 Å². The predicted octanol–water partition coefficient (Wildman–Crippen LogP) is 4.98. The number of benzene rings is 1. The maximum absolute atomic E-state index is 6.09. The van der Waals surface area contributed by atoms with Crippen molar-refractivity contribution in [2.24, 2.45) is 0 Å². The van der Waals surface area contributed by atoms with E-state index >= 15 is 0 Å². The van der Waals surface area contributed by atoms with Gasteiger partial charge in [-0.25, -0.2) is 0 Å². The number of rotatable bonds is 3. The van der Waals surface area contributed by atoms with Gasteiger partial charge in [0.05, 0.1) is 16.1 Å². The number of halogens is 2. The third-order valence-corrected chi connectivity index (χ3v) is 4.86. The molecule has 0 amide bonds. The van der Waals surface area contributed by atoms with Gasteiger partial charge in [-0.3, -0.25) is 0 Å². The molecule has 1 aromatic heterocycles. The lowest BCUT2D eigenvalue weighted by Crippen LogP contribution is -2.17. The van der Waals surface area contributed by atoms with E-state index in [9.17, 15) is 0 Å². The highest BCUT2D eigenvalue weighted by atomic mass is 35.5. The van der Waals surface area contributed by atoms with Crippen LogP contribution < -0.4 is 5.32 Å². The quantitative estimate of drug-likeness (QED) is 0.843. The van der Waals surface area contributed by atoms with Crippen molar-refractivity contribution in [2.45, 2.75) is 19.9 Å². The highest BCUT2D eigenvalue weighted by Gasteiger charge is 2.17. The molecule has 1 unspecified atom stereocenters. The zero-order valence-electron chi connectivity index (χ0n) is 10.6. The maximum Gasteiger partial charge on any atom is 0.0671 e. The lowest BCUT2D eigenvalue weighted by atomic mass is 10.0. The molecule has 1 aromatic carbocycles. The number of nitrogens with one attached hydrogen (secondary N) is 1. The molecule has 0 aliphatic carbocycles. The molecule has 18 heavy (non-hydrogen) atoms. The molecule has 0 aliphatic heterocycles. The van der Waals surface area contributed by atoms with Crippen LogP contribution in [-0.2, 0) is 0 Å². The van der Waals surface area contributed by atoms with E-state index in [0.29, 0.717) is 10.0 Å². The molecule has 1 N–H and O–H groups in total. The zero-order valence-corrected chi connectivity index (χ0v) is 12.9. The Kier molecular flexibility index (Phi) is 4.33. The predicted molar refractivity (Wildman–Crippen MR) is 81.2 cm³/mol. The average molecular weight is 300 g/mol. The molecule has 0 radical (unpaired) electrons. The molecule has 1 heterocycles. The molecule has 0 saturated heterocycles. The smallest absolute Gasteiger partial charge is 0.0671 e. The second kappa shape index (κ2) is 5.62. The first-order chi connectivity index (χ1) is 8.52. The zero-order chi connectivity index (χ0) is 13.3. The Morgan fingerprint density at radius 2 is 1.83 bits per heavy atom. The van der Waals surface area contributed by atoms with Gasteiger partial charge in [0.2, 0.25) is 0 Å². The molecule has 4 heteroatoms. The fourth-order valence-electron chi connectivity index (χ4n) is 2.09. The summed E-state index contributed by atoms with van der Waals surface area (Å²) >= 11 is 13.9. The summed E-state index contributed by atoms with van der Waals surface area (Å²) in [6, 6.07) is 8.17. The van der Waals surface area contributed by atoms with E-state index < -0.39 is 0 Å². The van der Waals surface area contributed by atoms with Crippen LogP contribution in [0.2, 0.25) is 10.0 Å². The number of hydrogen-bond donors (Lipinski definition) is 1. The van der Waals surface area contributed by atoms with Gasteiger partial charge in [0, 0.05) is 9.75 Å². The van der Waals surface area contributed by atoms with Crippen molar-refractivity contribution in [2.75, 3.05) is 7.05 Å². The van der Waals surface area contributed by atoms with Crippen molar-refractivity contribution >= 4 is 34.5 Å². The molecule has 0 saturated carbocycles. The molecule has 1 atom stereocenters. The van der Waals surface area contributed by atoms with Crippen LogP contribution in [0, 0.1) is 13.8 Å². The Hall–Kier alpha value is -0.540. The first-order valence-corrected chi connectivity index (χ1v) is 7.29. The summed E-state index contributed by atoms with van der Waals surface area (Å²) in [6.45, 7) is 4.27. The van der Waals surface area contributed by atoms with Crippen LogP contribution in [-0.4, -0.2) is 7.05 Å². The van der Waals surface area contributed by atoms with Crippen LogP contribution in [0.25, 0.3) is 0 Å². The summed E-state index contributed by atoms with van der Waals surface area (Å²) in [5.74, 6) is 0. The summed E-state index contributed by atoms with van der Waals surface area (Å²) < 4.78 is 0. The highest BCUT2D eigenvalue weighted by molar-refractivity contribution is 7.12. The molecule has 0 aliphatic rings. The fourth-order valence-corrected chi connectivity index (χ4v) is 3.57. The lowest BCUT2D eigenvalue weighted by Gasteiger charge is -2.17. The van der Waals surface area contributed by atoms with E-state index in [1.165, 1.54) is 15.3 Å². The van der Waals surface area contributed by atoms with Crippen molar-refractivity contribution in [1.82, 2.24) is 5.32 Å². The number of hydrogen-bond acceptors (Lipinski definition) is 2. The van der Waals surface area contributed by atoms with E-state index in [4.69, 9.17) is 23.2 Å². The van der Waals surface area contributed by atoms with E-state index in [2.05, 4.69) is 25.2 Å². The second-order valence-corrected chi connectivity index (χ2v) is 6.40. The van der Waals surface area contributed by atoms with Gasteiger partial charge in [0.25, 0.3) is 0 Å². The van der Waals surface area contributed by atoms with Gasteiger partial charge in [0.1, 0.15) is 0 Å². The minimum Gasteiger partial charge on any atom is -0.309 e. The van der Waals surface area contributed by atoms with Crippen molar-refractivity contribution in [3.8, 4) is 0 Å². The van der Waals surface area contributed by atoms with Gasteiger partial charge in [-0.05, 0) is 50.2 Å². The van der Waals surface area contributed by atoms with Gasteiger partial charge in [0.15, 0.2) is 0 Å². The van der Waals surface area contributed by atoms with Gasteiger partial charge in [-0.2, -0.15) is 0 Å². The fraction of sp³-hybridized carbons (Fsp3) is 0.286. The largest absolute Gasteiger partial charge is 0.309 e. The maximum atomic E-state index is 6.09. The first kappa shape index (κ1) is 13.9. The molecule has 2 rings (SSSR count). The second-order valence-electron chi connectivity index (χ2n) is 4.30. The summed E-state index contributed by atoms with van der Waals surface area (Å²) in [7, 11) is 1.96. The van der Waals surface area contributed by atoms with Gasteiger partial charge >= 0.3 is 0 Å². The topological polar surface area (TPSA) is 12.0 Å². The summed E-state index contributed by atoms with van der Waals surface area (Å²) in [4.78, 5) is 2.65. The van der Waals surface area contributed by atoms with Crippen LogP contribution >= 0.6 is 34.5 Å². The van der Waals surface area contributed by atoms with E-state index in [1.807, 2.05) is 36.6 Å². The molecule has 0 bridgehead atoms. The van der Waals surface area contributed by atoms with Crippen molar-refractivity contribution in [3.63, 3.8) is 0 Å². The highest BCUT2D eigenvalue weighted by Crippen LogP contribution is 2.34.